The van der Waals surface area contributed by atoms with Crippen LogP contribution in [0, 0.1) is 0 Å². The zero-order chi connectivity index (χ0) is 13.6. The van der Waals surface area contributed by atoms with Gasteiger partial charge in [0.15, 0.2) is 0 Å². The summed E-state index contributed by atoms with van der Waals surface area (Å²) in [6.07, 6.45) is 1.81. The van der Waals surface area contributed by atoms with Crippen molar-refractivity contribution < 1.29 is 8.42 Å². The van der Waals surface area contributed by atoms with E-state index in [9.17, 15) is 8.42 Å². The van der Waals surface area contributed by atoms with Crippen molar-refractivity contribution in [3.05, 3.63) is 28.2 Å². The summed E-state index contributed by atoms with van der Waals surface area (Å²) in [6.45, 7) is 3.21. The number of unbranched alkanes of at least 4 members (excludes halogenated alkanes) is 1. The van der Waals surface area contributed by atoms with Gasteiger partial charge in [0, 0.05) is 17.6 Å². The van der Waals surface area contributed by atoms with Crippen LogP contribution in [0.25, 0.3) is 0 Å². The van der Waals surface area contributed by atoms with Crippen LogP contribution in [0.4, 0.5) is 0 Å². The fourth-order valence-corrected chi connectivity index (χ4v) is 3.73. The molecule has 102 valence electrons. The molecule has 0 aliphatic heterocycles. The quantitative estimate of drug-likeness (QED) is 0.752. The number of halogens is 1. The van der Waals surface area contributed by atoms with Gasteiger partial charge in [-0.2, -0.15) is 0 Å². The molecule has 0 spiro atoms. The van der Waals surface area contributed by atoms with Gasteiger partial charge in [0.1, 0.15) is 0 Å². The number of hydrogen-bond acceptors (Lipinski definition) is 3. The minimum absolute atomic E-state index is 0.290. The zero-order valence-electron chi connectivity index (χ0n) is 10.7. The van der Waals surface area contributed by atoms with Crippen LogP contribution in [0.3, 0.4) is 0 Å². The fraction of sp³-hybridized carbons (Fsp3) is 0.500. The van der Waals surface area contributed by atoms with Crippen molar-refractivity contribution in [1.29, 1.82) is 0 Å². The number of sulfonamides is 1. The molecule has 0 amide bonds. The van der Waals surface area contributed by atoms with Crippen LogP contribution < -0.4 is 10.0 Å². The van der Waals surface area contributed by atoms with Crippen molar-refractivity contribution in [2.24, 2.45) is 0 Å². The van der Waals surface area contributed by atoms with E-state index in [1.807, 2.05) is 26.1 Å². The summed E-state index contributed by atoms with van der Waals surface area (Å²) in [5.41, 5.74) is 1.04. The molecule has 0 radical (unpaired) electrons. The van der Waals surface area contributed by atoms with E-state index in [0.29, 0.717) is 22.5 Å². The minimum Gasteiger partial charge on any atom is -0.316 e. The summed E-state index contributed by atoms with van der Waals surface area (Å²) in [7, 11) is -1.56. The SMILES string of the molecule is CCCCNS(=O)(=O)c1ccc(CNC)cc1Br. The Kier molecular flexibility index (Phi) is 6.28. The lowest BCUT2D eigenvalue weighted by atomic mass is 10.2. The van der Waals surface area contributed by atoms with Crippen LogP contribution >= 0.6 is 15.9 Å². The van der Waals surface area contributed by atoms with Crippen molar-refractivity contribution in [3.63, 3.8) is 0 Å². The molecule has 18 heavy (non-hydrogen) atoms. The maximum Gasteiger partial charge on any atom is 0.241 e. The molecule has 0 aliphatic carbocycles. The predicted molar refractivity (Wildman–Crippen MR) is 77.0 cm³/mol. The van der Waals surface area contributed by atoms with Gasteiger partial charge < -0.3 is 5.32 Å². The topological polar surface area (TPSA) is 58.2 Å². The van der Waals surface area contributed by atoms with Crippen LogP contribution in [-0.4, -0.2) is 22.0 Å². The van der Waals surface area contributed by atoms with Crippen LogP contribution in [0.15, 0.2) is 27.6 Å². The molecule has 2 N–H and O–H groups in total. The molecule has 1 aromatic carbocycles. The first-order valence-electron chi connectivity index (χ1n) is 5.94. The first kappa shape index (κ1) is 15.6. The summed E-state index contributed by atoms with van der Waals surface area (Å²) in [6, 6.07) is 5.27. The molecule has 0 aromatic heterocycles. The Morgan fingerprint density at radius 2 is 2.06 bits per heavy atom. The molecule has 6 heteroatoms. The zero-order valence-corrected chi connectivity index (χ0v) is 13.1. The Morgan fingerprint density at radius 1 is 1.33 bits per heavy atom. The van der Waals surface area contributed by atoms with Gasteiger partial charge >= 0.3 is 0 Å². The standard InChI is InChI=1S/C12H19BrN2O2S/c1-3-4-7-15-18(16,17)12-6-5-10(9-14-2)8-11(12)13/h5-6,8,14-15H,3-4,7,9H2,1-2H3. The molecule has 0 heterocycles. The molecule has 0 bridgehead atoms. The highest BCUT2D eigenvalue weighted by Crippen LogP contribution is 2.23. The van der Waals surface area contributed by atoms with Gasteiger partial charge in [-0.15, -0.1) is 0 Å². The lowest BCUT2D eigenvalue weighted by molar-refractivity contribution is 0.578. The highest BCUT2D eigenvalue weighted by molar-refractivity contribution is 9.10. The van der Waals surface area contributed by atoms with Crippen molar-refractivity contribution >= 4 is 26.0 Å². The van der Waals surface area contributed by atoms with E-state index < -0.39 is 10.0 Å². The van der Waals surface area contributed by atoms with E-state index in [1.54, 1.807) is 6.07 Å². The Labute approximate surface area is 117 Å². The van der Waals surface area contributed by atoms with Gasteiger partial charge in [0.2, 0.25) is 10.0 Å². The van der Waals surface area contributed by atoms with Gasteiger partial charge in [0.25, 0.3) is 0 Å². The Hall–Kier alpha value is -0.430. The second-order valence-electron chi connectivity index (χ2n) is 4.05. The molecular formula is C12H19BrN2O2S. The molecule has 0 unspecified atom stereocenters. The van der Waals surface area contributed by atoms with Crippen molar-refractivity contribution in [3.8, 4) is 0 Å². The largest absolute Gasteiger partial charge is 0.316 e. The summed E-state index contributed by atoms with van der Waals surface area (Å²) >= 11 is 3.31. The number of hydrogen-bond donors (Lipinski definition) is 2. The van der Waals surface area contributed by atoms with Crippen LogP contribution in [0.1, 0.15) is 25.3 Å². The van der Waals surface area contributed by atoms with Gasteiger partial charge in [0.05, 0.1) is 4.90 Å². The van der Waals surface area contributed by atoms with E-state index >= 15 is 0 Å². The maximum atomic E-state index is 12.0. The summed E-state index contributed by atoms with van der Waals surface area (Å²) in [5, 5.41) is 3.03. The van der Waals surface area contributed by atoms with Crippen molar-refractivity contribution in [1.82, 2.24) is 10.0 Å². The maximum absolute atomic E-state index is 12.0. The molecule has 0 saturated carbocycles. The molecule has 1 rings (SSSR count). The summed E-state index contributed by atoms with van der Waals surface area (Å²) in [4.78, 5) is 0.290. The van der Waals surface area contributed by atoms with Gasteiger partial charge in [-0.25, -0.2) is 13.1 Å². The number of benzene rings is 1. The first-order chi connectivity index (χ1) is 8.51. The van der Waals surface area contributed by atoms with Crippen molar-refractivity contribution in [2.75, 3.05) is 13.6 Å². The van der Waals surface area contributed by atoms with Crippen LogP contribution in [0.5, 0.6) is 0 Å². The van der Waals surface area contributed by atoms with E-state index in [1.165, 1.54) is 0 Å². The monoisotopic (exact) mass is 334 g/mol. The third kappa shape index (κ3) is 4.35. The molecular weight excluding hydrogens is 316 g/mol. The van der Waals surface area contributed by atoms with Gasteiger partial charge in [-0.05, 0) is 47.1 Å². The lowest BCUT2D eigenvalue weighted by Crippen LogP contribution is -2.25. The lowest BCUT2D eigenvalue weighted by Gasteiger charge is -2.09. The Bertz CT molecular complexity index is 489. The normalized spacial score (nSPS) is 11.7. The third-order valence-electron chi connectivity index (χ3n) is 2.49. The predicted octanol–water partition coefficient (Wildman–Crippen LogP) is 2.25. The third-order valence-corrected chi connectivity index (χ3v) is 4.93. The van der Waals surface area contributed by atoms with Gasteiger partial charge in [-0.3, -0.25) is 0 Å². The van der Waals surface area contributed by atoms with E-state index in [0.717, 1.165) is 18.4 Å². The molecule has 4 nitrogen and oxygen atoms in total. The molecule has 0 saturated heterocycles. The van der Waals surface area contributed by atoms with Gasteiger partial charge in [-0.1, -0.05) is 19.4 Å². The highest BCUT2D eigenvalue weighted by atomic mass is 79.9. The average molecular weight is 335 g/mol. The van der Waals surface area contributed by atoms with E-state index in [-0.39, 0.29) is 0 Å². The molecule has 0 aliphatic rings. The second-order valence-corrected chi connectivity index (χ2v) is 6.64. The van der Waals surface area contributed by atoms with Crippen LogP contribution in [0.2, 0.25) is 0 Å². The molecule has 0 atom stereocenters. The van der Waals surface area contributed by atoms with E-state index in [4.69, 9.17) is 0 Å². The number of rotatable bonds is 7. The molecule has 1 aromatic rings. The summed E-state index contributed by atoms with van der Waals surface area (Å²) in [5.74, 6) is 0. The molecule has 0 fully saturated rings. The van der Waals surface area contributed by atoms with Crippen molar-refractivity contribution in [2.45, 2.75) is 31.2 Å². The van der Waals surface area contributed by atoms with E-state index in [2.05, 4.69) is 26.0 Å². The first-order valence-corrected chi connectivity index (χ1v) is 8.21. The fourth-order valence-electron chi connectivity index (χ4n) is 1.54. The average Bonchev–Trinajstić information content (AvgIpc) is 2.29. The highest BCUT2D eigenvalue weighted by Gasteiger charge is 2.16. The minimum atomic E-state index is -3.41. The smallest absolute Gasteiger partial charge is 0.241 e. The Morgan fingerprint density at radius 3 is 2.61 bits per heavy atom. The summed E-state index contributed by atoms with van der Waals surface area (Å²) < 4.78 is 27.3. The second kappa shape index (κ2) is 7.23. The number of nitrogens with one attached hydrogen (secondary N) is 2. The van der Waals surface area contributed by atoms with Crippen LogP contribution in [-0.2, 0) is 16.6 Å². The Balaban J connectivity index is 2.88.